The van der Waals surface area contributed by atoms with Crippen LogP contribution in [-0.2, 0) is 6.42 Å². The molecule has 0 saturated heterocycles. The highest BCUT2D eigenvalue weighted by atomic mass is 15.0. The fourth-order valence-corrected chi connectivity index (χ4v) is 4.25. The Kier molecular flexibility index (Phi) is 16.4. The van der Waals surface area contributed by atoms with Crippen molar-refractivity contribution in [3.8, 4) is 0 Å². The van der Waals surface area contributed by atoms with Crippen molar-refractivity contribution in [1.29, 1.82) is 0 Å². The van der Waals surface area contributed by atoms with Gasteiger partial charge in [-0.05, 0) is 45.0 Å². The quantitative estimate of drug-likeness (QED) is 0.216. The van der Waals surface area contributed by atoms with Crippen molar-refractivity contribution in [3.05, 3.63) is 35.9 Å². The fraction of sp³-hybridized carbons (Fsp3) is 0.778. The lowest BCUT2D eigenvalue weighted by Crippen LogP contribution is -2.12. The largest absolute Gasteiger partial charge is 0.309 e. The van der Waals surface area contributed by atoms with Crippen molar-refractivity contribution in [1.82, 2.24) is 4.90 Å². The molecule has 1 nitrogen and oxygen atoms in total. The van der Waals surface area contributed by atoms with Crippen LogP contribution in [0.2, 0.25) is 0 Å². The number of hydrogen-bond acceptors (Lipinski definition) is 1. The number of nitrogens with zero attached hydrogens (tertiary/aromatic N) is 1. The lowest BCUT2D eigenvalue weighted by Gasteiger charge is -2.17. The van der Waals surface area contributed by atoms with Crippen LogP contribution in [0.15, 0.2) is 30.3 Å². The summed E-state index contributed by atoms with van der Waals surface area (Å²) in [5, 5.41) is 0. The van der Waals surface area contributed by atoms with Gasteiger partial charge in [0, 0.05) is 0 Å². The monoisotopic (exact) mass is 387 g/mol. The zero-order valence-electron chi connectivity index (χ0n) is 19.4. The molecular formula is C27H49N. The molecule has 0 aliphatic heterocycles. The van der Waals surface area contributed by atoms with E-state index in [1.807, 2.05) is 0 Å². The van der Waals surface area contributed by atoms with Crippen molar-refractivity contribution >= 4 is 0 Å². The number of hydrogen-bond donors (Lipinski definition) is 0. The van der Waals surface area contributed by atoms with Gasteiger partial charge in [-0.3, -0.25) is 0 Å². The van der Waals surface area contributed by atoms with Gasteiger partial charge in [0.1, 0.15) is 0 Å². The van der Waals surface area contributed by atoms with Gasteiger partial charge >= 0.3 is 0 Å². The third-order valence-electron chi connectivity index (χ3n) is 6.05. The maximum atomic E-state index is 2.32. The summed E-state index contributed by atoms with van der Waals surface area (Å²) in [6, 6.07) is 11.2. The molecule has 0 heterocycles. The maximum absolute atomic E-state index is 2.32. The molecule has 162 valence electrons. The SMILES string of the molecule is CCCCCCCCCCCC(CCCCCCN(C)C)Cc1ccccc1. The highest BCUT2D eigenvalue weighted by Crippen LogP contribution is 2.23. The van der Waals surface area contributed by atoms with Gasteiger partial charge in [-0.25, -0.2) is 0 Å². The molecule has 1 heteroatoms. The predicted octanol–water partition coefficient (Wildman–Crippen LogP) is 8.28. The molecule has 0 bridgehead atoms. The Morgan fingerprint density at radius 1 is 0.643 bits per heavy atom. The lowest BCUT2D eigenvalue weighted by atomic mass is 9.89. The van der Waals surface area contributed by atoms with E-state index in [0.717, 1.165) is 5.92 Å². The van der Waals surface area contributed by atoms with Crippen LogP contribution in [0, 0.1) is 5.92 Å². The van der Waals surface area contributed by atoms with E-state index in [1.54, 1.807) is 0 Å². The van der Waals surface area contributed by atoms with E-state index < -0.39 is 0 Å². The third kappa shape index (κ3) is 15.1. The summed E-state index contributed by atoms with van der Waals surface area (Å²) >= 11 is 0. The number of unbranched alkanes of at least 4 members (excludes halogenated alkanes) is 11. The average Bonchev–Trinajstić information content (AvgIpc) is 2.69. The summed E-state index contributed by atoms with van der Waals surface area (Å²) in [6.07, 6.45) is 22.7. The molecule has 0 saturated carbocycles. The zero-order chi connectivity index (χ0) is 20.3. The molecule has 0 fully saturated rings. The van der Waals surface area contributed by atoms with Crippen molar-refractivity contribution in [3.63, 3.8) is 0 Å². The Bertz CT molecular complexity index is 425. The standard InChI is InChI=1S/C27H49N/c1-4-5-6-7-8-9-10-11-15-20-26(25-27-22-17-14-18-23-27)21-16-12-13-19-24-28(2)3/h14,17-18,22-23,26H,4-13,15-16,19-21,24-25H2,1-3H3. The molecular weight excluding hydrogens is 338 g/mol. The van der Waals surface area contributed by atoms with Crippen LogP contribution in [0.4, 0.5) is 0 Å². The molecule has 0 amide bonds. The molecule has 0 aliphatic rings. The number of rotatable bonds is 19. The summed E-state index contributed by atoms with van der Waals surface area (Å²) < 4.78 is 0. The van der Waals surface area contributed by atoms with Gasteiger partial charge in [-0.1, -0.05) is 127 Å². The van der Waals surface area contributed by atoms with Crippen molar-refractivity contribution in [2.45, 2.75) is 110 Å². The van der Waals surface area contributed by atoms with Gasteiger partial charge < -0.3 is 4.90 Å². The molecule has 1 unspecified atom stereocenters. The molecule has 28 heavy (non-hydrogen) atoms. The smallest absolute Gasteiger partial charge is 0.00248 e. The van der Waals surface area contributed by atoms with E-state index in [1.165, 1.54) is 115 Å². The van der Waals surface area contributed by atoms with Crippen molar-refractivity contribution in [2.24, 2.45) is 5.92 Å². The Labute approximate surface area is 177 Å². The lowest BCUT2D eigenvalue weighted by molar-refractivity contribution is 0.376. The molecule has 0 radical (unpaired) electrons. The molecule has 1 atom stereocenters. The maximum Gasteiger partial charge on any atom is -0.00248 e. The van der Waals surface area contributed by atoms with E-state index in [4.69, 9.17) is 0 Å². The first kappa shape index (κ1) is 25.2. The Balaban J connectivity index is 2.18. The first-order valence-corrected chi connectivity index (χ1v) is 12.4. The Hall–Kier alpha value is -0.820. The highest BCUT2D eigenvalue weighted by Gasteiger charge is 2.10. The van der Waals surface area contributed by atoms with E-state index in [9.17, 15) is 0 Å². The minimum Gasteiger partial charge on any atom is -0.309 e. The van der Waals surface area contributed by atoms with Gasteiger partial charge in [-0.2, -0.15) is 0 Å². The van der Waals surface area contributed by atoms with Gasteiger partial charge in [0.05, 0.1) is 0 Å². The molecule has 0 aliphatic carbocycles. The van der Waals surface area contributed by atoms with Crippen LogP contribution in [0.25, 0.3) is 0 Å². The Morgan fingerprint density at radius 3 is 1.68 bits per heavy atom. The van der Waals surface area contributed by atoms with Crippen LogP contribution in [-0.4, -0.2) is 25.5 Å². The summed E-state index contributed by atoms with van der Waals surface area (Å²) in [6.45, 7) is 3.54. The van der Waals surface area contributed by atoms with E-state index >= 15 is 0 Å². The molecule has 1 aromatic carbocycles. The number of benzene rings is 1. The predicted molar refractivity (Wildman–Crippen MR) is 127 cm³/mol. The highest BCUT2D eigenvalue weighted by molar-refractivity contribution is 5.15. The zero-order valence-corrected chi connectivity index (χ0v) is 19.4. The van der Waals surface area contributed by atoms with Gasteiger partial charge in [0.2, 0.25) is 0 Å². The summed E-state index contributed by atoms with van der Waals surface area (Å²) in [5.41, 5.74) is 1.54. The van der Waals surface area contributed by atoms with Crippen LogP contribution >= 0.6 is 0 Å². The van der Waals surface area contributed by atoms with Crippen LogP contribution in [0.5, 0.6) is 0 Å². The first-order valence-electron chi connectivity index (χ1n) is 12.4. The minimum absolute atomic E-state index is 0.890. The van der Waals surface area contributed by atoms with Crippen LogP contribution < -0.4 is 0 Å². The van der Waals surface area contributed by atoms with Gasteiger partial charge in [-0.15, -0.1) is 0 Å². The van der Waals surface area contributed by atoms with E-state index in [-0.39, 0.29) is 0 Å². The third-order valence-corrected chi connectivity index (χ3v) is 6.05. The molecule has 1 aromatic rings. The van der Waals surface area contributed by atoms with Crippen LogP contribution in [0.3, 0.4) is 0 Å². The van der Waals surface area contributed by atoms with E-state index in [0.29, 0.717) is 0 Å². The normalized spacial score (nSPS) is 12.6. The molecule has 0 N–H and O–H groups in total. The van der Waals surface area contributed by atoms with Crippen molar-refractivity contribution < 1.29 is 0 Å². The van der Waals surface area contributed by atoms with E-state index in [2.05, 4.69) is 56.3 Å². The first-order chi connectivity index (χ1) is 13.7. The second-order valence-corrected chi connectivity index (χ2v) is 9.18. The molecule has 0 aromatic heterocycles. The molecule has 0 spiro atoms. The van der Waals surface area contributed by atoms with Crippen molar-refractivity contribution in [2.75, 3.05) is 20.6 Å². The second kappa shape index (κ2) is 18.2. The van der Waals surface area contributed by atoms with Gasteiger partial charge in [0.15, 0.2) is 0 Å². The molecule has 1 rings (SSSR count). The summed E-state index contributed by atoms with van der Waals surface area (Å²) in [5.74, 6) is 0.890. The average molecular weight is 388 g/mol. The topological polar surface area (TPSA) is 3.24 Å². The summed E-state index contributed by atoms with van der Waals surface area (Å²) in [4.78, 5) is 2.31. The second-order valence-electron chi connectivity index (χ2n) is 9.18. The minimum atomic E-state index is 0.890. The Morgan fingerprint density at radius 2 is 1.14 bits per heavy atom. The summed E-state index contributed by atoms with van der Waals surface area (Å²) in [7, 11) is 4.36. The van der Waals surface area contributed by atoms with Crippen LogP contribution in [0.1, 0.15) is 109 Å². The fourth-order valence-electron chi connectivity index (χ4n) is 4.25. The van der Waals surface area contributed by atoms with Gasteiger partial charge in [0.25, 0.3) is 0 Å².